The molecule has 5 atom stereocenters. The molecule has 0 saturated carbocycles. The molecular formula is C36H37NO6. The van der Waals surface area contributed by atoms with E-state index in [1.807, 2.05) is 115 Å². The van der Waals surface area contributed by atoms with E-state index in [2.05, 4.69) is 6.07 Å². The molecule has 7 heteroatoms. The Kier molecular flexibility index (Phi) is 11.3. The number of rotatable bonds is 14. The molecule has 5 rings (SSSR count). The summed E-state index contributed by atoms with van der Waals surface area (Å²) in [6, 6.07) is 39.8. The average Bonchev–Trinajstić information content (AvgIpc) is 3.07. The van der Waals surface area contributed by atoms with Crippen LogP contribution in [-0.4, -0.2) is 37.8 Å². The first kappa shape index (κ1) is 30.4. The predicted molar refractivity (Wildman–Crippen MR) is 162 cm³/mol. The lowest BCUT2D eigenvalue weighted by Crippen LogP contribution is -2.60. The van der Waals surface area contributed by atoms with E-state index in [9.17, 15) is 5.26 Å². The standard InChI is InChI=1S/C36H37NO6/c1-38-31-19-17-30(18-20-31)25-39-33-32(21-22-37)43-36(42-26-29-15-9-4-10-16-29)35(41-24-28-13-7-3-8-14-28)34(33)40-23-27-11-5-2-6-12-27/h2-20,32-36H,21,23-26H2,1H3/t32-,33+,34+,35-,36-/m1/s1. The van der Waals surface area contributed by atoms with E-state index in [1.54, 1.807) is 7.11 Å². The minimum Gasteiger partial charge on any atom is -0.497 e. The van der Waals surface area contributed by atoms with Gasteiger partial charge in [-0.15, -0.1) is 0 Å². The molecule has 0 aromatic heterocycles. The minimum absolute atomic E-state index is 0.106. The van der Waals surface area contributed by atoms with Crippen molar-refractivity contribution in [3.05, 3.63) is 138 Å². The Hall–Kier alpha value is -4.03. The number of ether oxygens (including phenoxy) is 6. The highest BCUT2D eigenvalue weighted by atomic mass is 16.7. The van der Waals surface area contributed by atoms with E-state index in [0.717, 1.165) is 28.0 Å². The van der Waals surface area contributed by atoms with Crippen LogP contribution in [0.15, 0.2) is 115 Å². The van der Waals surface area contributed by atoms with Crippen LogP contribution in [0.2, 0.25) is 0 Å². The normalized spacial score (nSPS) is 21.6. The van der Waals surface area contributed by atoms with Gasteiger partial charge in [-0.3, -0.25) is 0 Å². The third-order valence-corrected chi connectivity index (χ3v) is 7.31. The quantitative estimate of drug-likeness (QED) is 0.166. The summed E-state index contributed by atoms with van der Waals surface area (Å²) < 4.78 is 37.8. The molecule has 1 aliphatic heterocycles. The van der Waals surface area contributed by atoms with Gasteiger partial charge in [-0.1, -0.05) is 103 Å². The summed E-state index contributed by atoms with van der Waals surface area (Å²) in [4.78, 5) is 0. The highest BCUT2D eigenvalue weighted by Crippen LogP contribution is 2.33. The lowest BCUT2D eigenvalue weighted by Gasteiger charge is -2.45. The molecule has 0 aliphatic carbocycles. The molecule has 0 amide bonds. The Morgan fingerprint density at radius 2 is 1.00 bits per heavy atom. The van der Waals surface area contributed by atoms with Gasteiger partial charge < -0.3 is 28.4 Å². The van der Waals surface area contributed by atoms with Gasteiger partial charge in [0, 0.05) is 0 Å². The first-order chi connectivity index (χ1) is 21.2. The molecule has 4 aromatic rings. The molecule has 0 unspecified atom stereocenters. The average molecular weight is 580 g/mol. The lowest BCUT2D eigenvalue weighted by atomic mass is 9.96. The zero-order valence-corrected chi connectivity index (χ0v) is 24.3. The van der Waals surface area contributed by atoms with Gasteiger partial charge >= 0.3 is 0 Å². The Morgan fingerprint density at radius 1 is 0.558 bits per heavy atom. The Bertz CT molecular complexity index is 1390. The Morgan fingerprint density at radius 3 is 1.49 bits per heavy atom. The van der Waals surface area contributed by atoms with Crippen molar-refractivity contribution < 1.29 is 28.4 Å². The molecule has 1 heterocycles. The highest BCUT2D eigenvalue weighted by molar-refractivity contribution is 5.26. The third kappa shape index (κ3) is 8.74. The number of nitriles is 1. The first-order valence-electron chi connectivity index (χ1n) is 14.5. The van der Waals surface area contributed by atoms with Crippen molar-refractivity contribution in [3.63, 3.8) is 0 Å². The fourth-order valence-corrected chi connectivity index (χ4v) is 5.03. The van der Waals surface area contributed by atoms with Gasteiger partial charge in [-0.25, -0.2) is 0 Å². The van der Waals surface area contributed by atoms with E-state index in [-0.39, 0.29) is 6.42 Å². The largest absolute Gasteiger partial charge is 0.497 e. The number of hydrogen-bond donors (Lipinski definition) is 0. The van der Waals surface area contributed by atoms with Crippen molar-refractivity contribution in [1.82, 2.24) is 0 Å². The molecule has 0 spiro atoms. The summed E-state index contributed by atoms with van der Waals surface area (Å²) in [7, 11) is 1.64. The van der Waals surface area contributed by atoms with Crippen molar-refractivity contribution >= 4 is 0 Å². The van der Waals surface area contributed by atoms with Crippen LogP contribution in [0, 0.1) is 11.3 Å². The number of hydrogen-bond acceptors (Lipinski definition) is 7. The fourth-order valence-electron chi connectivity index (χ4n) is 5.03. The van der Waals surface area contributed by atoms with Crippen LogP contribution in [0.5, 0.6) is 5.75 Å². The topological polar surface area (TPSA) is 79.2 Å². The SMILES string of the molecule is COc1ccc(CO[C@@H]2[C@H](OCc3ccccc3)[C@@H](OCc3ccccc3)[C@H](OCc3ccccc3)O[C@@H]2CC#N)cc1. The summed E-state index contributed by atoms with van der Waals surface area (Å²) >= 11 is 0. The number of nitrogens with zero attached hydrogens (tertiary/aromatic N) is 1. The van der Waals surface area contributed by atoms with E-state index in [4.69, 9.17) is 28.4 Å². The monoisotopic (exact) mass is 579 g/mol. The number of methoxy groups -OCH3 is 1. The van der Waals surface area contributed by atoms with Crippen molar-refractivity contribution in [1.29, 1.82) is 5.26 Å². The molecule has 1 aliphatic rings. The Balaban J connectivity index is 1.43. The van der Waals surface area contributed by atoms with Crippen molar-refractivity contribution in [3.8, 4) is 11.8 Å². The van der Waals surface area contributed by atoms with Crippen molar-refractivity contribution in [2.75, 3.05) is 7.11 Å². The predicted octanol–water partition coefficient (Wildman–Crippen LogP) is 6.61. The number of benzene rings is 4. The van der Waals surface area contributed by atoms with Crippen LogP contribution < -0.4 is 4.74 Å². The molecule has 43 heavy (non-hydrogen) atoms. The molecule has 7 nitrogen and oxygen atoms in total. The molecule has 0 N–H and O–H groups in total. The van der Waals surface area contributed by atoms with Crippen molar-refractivity contribution in [2.45, 2.75) is 63.6 Å². The molecule has 0 radical (unpaired) electrons. The van der Waals surface area contributed by atoms with Gasteiger partial charge in [0.25, 0.3) is 0 Å². The zero-order chi connectivity index (χ0) is 29.7. The summed E-state index contributed by atoms with van der Waals surface area (Å²) in [5, 5.41) is 9.77. The highest BCUT2D eigenvalue weighted by Gasteiger charge is 2.49. The molecule has 4 aromatic carbocycles. The van der Waals surface area contributed by atoms with Gasteiger partial charge in [0.1, 0.15) is 30.2 Å². The molecule has 1 saturated heterocycles. The van der Waals surface area contributed by atoms with Crippen LogP contribution >= 0.6 is 0 Å². The summed E-state index contributed by atoms with van der Waals surface area (Å²) in [5.41, 5.74) is 4.00. The maximum absolute atomic E-state index is 9.77. The van der Waals surface area contributed by atoms with Crippen LogP contribution in [0.1, 0.15) is 28.7 Å². The molecule has 222 valence electrons. The van der Waals surface area contributed by atoms with Crippen LogP contribution in [-0.2, 0) is 50.1 Å². The van der Waals surface area contributed by atoms with Gasteiger partial charge in [-0.2, -0.15) is 5.26 Å². The van der Waals surface area contributed by atoms with Gasteiger partial charge in [0.05, 0.1) is 46.0 Å². The maximum Gasteiger partial charge on any atom is 0.187 e. The third-order valence-electron chi connectivity index (χ3n) is 7.31. The van der Waals surface area contributed by atoms with Gasteiger partial charge in [-0.05, 0) is 34.4 Å². The van der Waals surface area contributed by atoms with E-state index >= 15 is 0 Å². The van der Waals surface area contributed by atoms with Crippen LogP contribution in [0.3, 0.4) is 0 Å². The molecule has 0 bridgehead atoms. The smallest absolute Gasteiger partial charge is 0.187 e. The fraction of sp³-hybridized carbons (Fsp3) is 0.306. The zero-order valence-electron chi connectivity index (χ0n) is 24.3. The van der Waals surface area contributed by atoms with Gasteiger partial charge in [0.15, 0.2) is 6.29 Å². The van der Waals surface area contributed by atoms with E-state index < -0.39 is 30.7 Å². The van der Waals surface area contributed by atoms with E-state index in [1.165, 1.54) is 0 Å². The summed E-state index contributed by atoms with van der Waals surface area (Å²) in [5.74, 6) is 0.768. The molecular weight excluding hydrogens is 542 g/mol. The maximum atomic E-state index is 9.77. The second-order valence-corrected chi connectivity index (χ2v) is 10.3. The van der Waals surface area contributed by atoms with Crippen LogP contribution in [0.4, 0.5) is 0 Å². The summed E-state index contributed by atoms with van der Waals surface area (Å²) in [6.45, 7) is 1.29. The lowest BCUT2D eigenvalue weighted by molar-refractivity contribution is -0.324. The van der Waals surface area contributed by atoms with Gasteiger partial charge in [0.2, 0.25) is 0 Å². The first-order valence-corrected chi connectivity index (χ1v) is 14.5. The van der Waals surface area contributed by atoms with Crippen LogP contribution in [0.25, 0.3) is 0 Å². The second kappa shape index (κ2) is 16.0. The summed E-state index contributed by atoms with van der Waals surface area (Å²) in [6.07, 6.45) is -3.10. The Labute approximate surface area is 253 Å². The van der Waals surface area contributed by atoms with Crippen molar-refractivity contribution in [2.24, 2.45) is 0 Å². The van der Waals surface area contributed by atoms with E-state index in [0.29, 0.717) is 26.4 Å². The molecule has 1 fully saturated rings. The minimum atomic E-state index is -0.788. The second-order valence-electron chi connectivity index (χ2n) is 10.3.